The maximum absolute atomic E-state index is 12.8. The average molecular weight is 389 g/mol. The van der Waals surface area contributed by atoms with E-state index in [1.54, 1.807) is 0 Å². The van der Waals surface area contributed by atoms with E-state index in [4.69, 9.17) is 9.47 Å². The van der Waals surface area contributed by atoms with E-state index < -0.39 is 5.60 Å². The number of carbonyl (C=O) groups excluding carboxylic acids is 1. The largest absolute Gasteiger partial charge is 0.492 e. The van der Waals surface area contributed by atoms with Gasteiger partial charge in [-0.25, -0.2) is 0 Å². The van der Waals surface area contributed by atoms with Crippen molar-refractivity contribution in [2.24, 2.45) is 5.92 Å². The Kier molecular flexibility index (Phi) is 7.74. The molecule has 1 amide bonds. The number of nitrogens with one attached hydrogen (secondary N) is 1. The highest BCUT2D eigenvalue weighted by atomic mass is 16.5. The van der Waals surface area contributed by atoms with Gasteiger partial charge in [0, 0.05) is 18.8 Å². The van der Waals surface area contributed by atoms with Gasteiger partial charge in [0.25, 0.3) is 5.91 Å². The van der Waals surface area contributed by atoms with E-state index in [2.05, 4.69) is 17.1 Å². The van der Waals surface area contributed by atoms with Gasteiger partial charge >= 0.3 is 0 Å². The molecule has 1 aliphatic carbocycles. The van der Waals surface area contributed by atoms with Crippen LogP contribution in [0.25, 0.3) is 0 Å². The van der Waals surface area contributed by atoms with Gasteiger partial charge in [-0.2, -0.15) is 0 Å². The van der Waals surface area contributed by atoms with Crippen molar-refractivity contribution in [3.63, 3.8) is 0 Å². The minimum Gasteiger partial charge on any atom is -0.492 e. The van der Waals surface area contributed by atoms with E-state index in [0.29, 0.717) is 19.1 Å². The number of anilines is 1. The molecule has 1 saturated heterocycles. The molecule has 0 radical (unpaired) electrons. The van der Waals surface area contributed by atoms with Crippen molar-refractivity contribution < 1.29 is 14.3 Å². The first-order valence-corrected chi connectivity index (χ1v) is 11.0. The molecule has 1 aliphatic heterocycles. The molecule has 5 heteroatoms. The SMILES string of the molecule is CCCOC(C)(C(=O)Nc1ccc(OCCN2CCCCCC2)cc1)C1CC1. The molecule has 2 aliphatic rings. The Hall–Kier alpha value is -1.59. The summed E-state index contributed by atoms with van der Waals surface area (Å²) in [6, 6.07) is 7.68. The van der Waals surface area contributed by atoms with Gasteiger partial charge in [0.15, 0.2) is 0 Å². The summed E-state index contributed by atoms with van der Waals surface area (Å²) in [6.45, 7) is 8.67. The Bertz CT molecular complexity index is 607. The zero-order valence-electron chi connectivity index (χ0n) is 17.5. The molecule has 1 atom stereocenters. The Morgan fingerprint density at radius 3 is 2.39 bits per heavy atom. The van der Waals surface area contributed by atoms with Crippen LogP contribution in [-0.2, 0) is 9.53 Å². The summed E-state index contributed by atoms with van der Waals surface area (Å²) in [5.74, 6) is 1.14. The summed E-state index contributed by atoms with van der Waals surface area (Å²) in [5, 5.41) is 3.03. The second-order valence-corrected chi connectivity index (χ2v) is 8.31. The number of likely N-dealkylation sites (tertiary alicyclic amines) is 1. The number of amides is 1. The zero-order valence-corrected chi connectivity index (χ0v) is 17.5. The first-order chi connectivity index (χ1) is 13.6. The number of carbonyl (C=O) groups is 1. The van der Waals surface area contributed by atoms with Crippen LogP contribution in [0.3, 0.4) is 0 Å². The second kappa shape index (κ2) is 10.3. The summed E-state index contributed by atoms with van der Waals surface area (Å²) in [6.07, 6.45) is 8.36. The highest BCUT2D eigenvalue weighted by Crippen LogP contribution is 2.42. The molecule has 156 valence electrons. The normalized spacial score (nSPS) is 20.2. The minimum absolute atomic E-state index is 0.0433. The van der Waals surface area contributed by atoms with Crippen molar-refractivity contribution in [2.75, 3.05) is 38.2 Å². The highest BCUT2D eigenvalue weighted by Gasteiger charge is 2.48. The fraction of sp³-hybridized carbons (Fsp3) is 0.696. The van der Waals surface area contributed by atoms with Crippen LogP contribution in [0.4, 0.5) is 5.69 Å². The van der Waals surface area contributed by atoms with Crippen LogP contribution in [0.1, 0.15) is 58.8 Å². The van der Waals surface area contributed by atoms with Gasteiger partial charge in [-0.05, 0) is 82.3 Å². The minimum atomic E-state index is -0.724. The number of ether oxygens (including phenoxy) is 2. The lowest BCUT2D eigenvalue weighted by Crippen LogP contribution is -2.45. The molecule has 0 aromatic heterocycles. The second-order valence-electron chi connectivity index (χ2n) is 8.31. The molecule has 1 unspecified atom stereocenters. The van der Waals surface area contributed by atoms with Gasteiger partial charge in [-0.3, -0.25) is 9.69 Å². The molecular weight excluding hydrogens is 352 g/mol. The molecule has 2 fully saturated rings. The van der Waals surface area contributed by atoms with Crippen LogP contribution in [0.5, 0.6) is 5.75 Å². The van der Waals surface area contributed by atoms with Crippen LogP contribution in [0, 0.1) is 5.92 Å². The summed E-state index contributed by atoms with van der Waals surface area (Å²) in [5.41, 5.74) is 0.0649. The van der Waals surface area contributed by atoms with Crippen LogP contribution >= 0.6 is 0 Å². The van der Waals surface area contributed by atoms with Crippen molar-refractivity contribution in [3.05, 3.63) is 24.3 Å². The van der Waals surface area contributed by atoms with Crippen LogP contribution in [0.15, 0.2) is 24.3 Å². The topological polar surface area (TPSA) is 50.8 Å². The van der Waals surface area contributed by atoms with E-state index in [-0.39, 0.29) is 5.91 Å². The van der Waals surface area contributed by atoms with Crippen molar-refractivity contribution in [3.8, 4) is 5.75 Å². The summed E-state index contributed by atoms with van der Waals surface area (Å²) >= 11 is 0. The molecule has 1 aromatic rings. The highest BCUT2D eigenvalue weighted by molar-refractivity contribution is 5.97. The number of rotatable bonds is 10. The van der Waals surface area contributed by atoms with Crippen LogP contribution < -0.4 is 10.1 Å². The van der Waals surface area contributed by atoms with Crippen LogP contribution in [-0.4, -0.2) is 49.3 Å². The predicted molar refractivity (Wildman–Crippen MR) is 113 cm³/mol. The lowest BCUT2D eigenvalue weighted by atomic mass is 9.98. The number of benzene rings is 1. The smallest absolute Gasteiger partial charge is 0.256 e. The van der Waals surface area contributed by atoms with Gasteiger partial charge in [-0.1, -0.05) is 19.8 Å². The average Bonchev–Trinajstić information content (AvgIpc) is 3.55. The quantitative estimate of drug-likeness (QED) is 0.642. The summed E-state index contributed by atoms with van der Waals surface area (Å²) < 4.78 is 11.8. The molecule has 28 heavy (non-hydrogen) atoms. The Balaban J connectivity index is 1.46. The Morgan fingerprint density at radius 2 is 1.79 bits per heavy atom. The molecule has 1 N–H and O–H groups in total. The van der Waals surface area contributed by atoms with E-state index in [9.17, 15) is 4.79 Å². The molecule has 1 heterocycles. The van der Waals surface area contributed by atoms with E-state index in [1.165, 1.54) is 38.8 Å². The van der Waals surface area contributed by atoms with E-state index >= 15 is 0 Å². The molecular formula is C23H36N2O3. The Morgan fingerprint density at radius 1 is 1.11 bits per heavy atom. The fourth-order valence-corrected chi connectivity index (χ4v) is 3.86. The third-order valence-corrected chi connectivity index (χ3v) is 5.90. The maximum Gasteiger partial charge on any atom is 0.256 e. The molecule has 5 nitrogen and oxygen atoms in total. The first kappa shape index (κ1) is 21.1. The predicted octanol–water partition coefficient (Wildman–Crippen LogP) is 4.48. The van der Waals surface area contributed by atoms with Gasteiger partial charge in [0.1, 0.15) is 18.0 Å². The molecule has 0 spiro atoms. The number of nitrogens with zero attached hydrogens (tertiary/aromatic N) is 1. The zero-order chi connectivity index (χ0) is 19.8. The van der Waals surface area contributed by atoms with Gasteiger partial charge in [0.05, 0.1) is 0 Å². The monoisotopic (exact) mass is 388 g/mol. The molecule has 3 rings (SSSR count). The van der Waals surface area contributed by atoms with E-state index in [0.717, 1.165) is 37.2 Å². The number of hydrogen-bond donors (Lipinski definition) is 1. The van der Waals surface area contributed by atoms with Crippen molar-refractivity contribution >= 4 is 11.6 Å². The Labute approximate surface area is 169 Å². The third-order valence-electron chi connectivity index (χ3n) is 5.90. The summed E-state index contributed by atoms with van der Waals surface area (Å²) in [7, 11) is 0. The van der Waals surface area contributed by atoms with Crippen molar-refractivity contribution in [1.82, 2.24) is 4.90 Å². The third kappa shape index (κ3) is 5.95. The number of hydrogen-bond acceptors (Lipinski definition) is 4. The lowest BCUT2D eigenvalue weighted by molar-refractivity contribution is -0.142. The van der Waals surface area contributed by atoms with Crippen molar-refractivity contribution in [2.45, 2.75) is 64.4 Å². The van der Waals surface area contributed by atoms with E-state index in [1.807, 2.05) is 31.2 Å². The van der Waals surface area contributed by atoms with Crippen molar-refractivity contribution in [1.29, 1.82) is 0 Å². The maximum atomic E-state index is 12.8. The lowest BCUT2D eigenvalue weighted by Gasteiger charge is -2.28. The summed E-state index contributed by atoms with van der Waals surface area (Å²) in [4.78, 5) is 15.3. The molecule has 1 saturated carbocycles. The van der Waals surface area contributed by atoms with Crippen LogP contribution in [0.2, 0.25) is 0 Å². The standard InChI is InChI=1S/C23H36N2O3/c1-3-17-28-23(2,19-8-9-19)22(26)24-20-10-12-21(13-11-20)27-18-16-25-14-6-4-5-7-15-25/h10-13,19H,3-9,14-18H2,1-2H3,(H,24,26). The first-order valence-electron chi connectivity index (χ1n) is 11.0. The van der Waals surface area contributed by atoms with Gasteiger partial charge in [0.2, 0.25) is 0 Å². The molecule has 0 bridgehead atoms. The molecule has 1 aromatic carbocycles. The fourth-order valence-electron chi connectivity index (χ4n) is 3.86. The van der Waals surface area contributed by atoms with Gasteiger partial charge < -0.3 is 14.8 Å². The van der Waals surface area contributed by atoms with Gasteiger partial charge in [-0.15, -0.1) is 0 Å².